The number of Topliss-reactive ketones (excluding diaryl/α,β-unsaturated/α-hetero) is 1. The van der Waals surface area contributed by atoms with Crippen molar-refractivity contribution >= 4 is 11.7 Å². The van der Waals surface area contributed by atoms with Crippen molar-refractivity contribution in [3.05, 3.63) is 34.5 Å². The zero-order valence-electron chi connectivity index (χ0n) is 15.7. The molecular weight excluding hydrogens is 334 g/mol. The molecule has 0 aromatic carbocycles. The molecule has 6 nitrogen and oxygen atoms in total. The summed E-state index contributed by atoms with van der Waals surface area (Å²) in [4.78, 5) is 25.5. The van der Waals surface area contributed by atoms with E-state index in [0.717, 1.165) is 30.4 Å². The van der Waals surface area contributed by atoms with Crippen molar-refractivity contribution in [1.29, 1.82) is 0 Å². The van der Waals surface area contributed by atoms with Gasteiger partial charge in [0.05, 0.1) is 21.3 Å². The number of carbonyl (C=O) groups excluding carboxylic acids is 2. The first-order chi connectivity index (χ1) is 12.5. The topological polar surface area (TPSA) is 73.9 Å². The highest BCUT2D eigenvalue weighted by Gasteiger charge is 2.65. The summed E-state index contributed by atoms with van der Waals surface area (Å²) < 4.78 is 16.5. The number of hydrogen-bond acceptors (Lipinski definition) is 5. The van der Waals surface area contributed by atoms with Gasteiger partial charge in [0.2, 0.25) is 11.7 Å². The number of nitrogens with one attached hydrogen (secondary N) is 1. The molecular formula is C20H25NO5. The summed E-state index contributed by atoms with van der Waals surface area (Å²) in [6.07, 6.45) is 4.65. The summed E-state index contributed by atoms with van der Waals surface area (Å²) in [5, 5.41) is 3.08. The molecule has 4 unspecified atom stereocenters. The summed E-state index contributed by atoms with van der Waals surface area (Å²) in [6.45, 7) is 2.08. The molecule has 0 saturated heterocycles. The van der Waals surface area contributed by atoms with E-state index in [9.17, 15) is 9.59 Å². The molecule has 6 heteroatoms. The number of rotatable bonds is 5. The summed E-state index contributed by atoms with van der Waals surface area (Å²) >= 11 is 0. The molecule has 2 saturated carbocycles. The number of ether oxygens (including phenoxy) is 3. The van der Waals surface area contributed by atoms with Crippen LogP contribution in [-0.4, -0.2) is 39.1 Å². The summed E-state index contributed by atoms with van der Waals surface area (Å²) in [5.74, 6) is 2.28. The molecule has 0 bridgehead atoms. The van der Waals surface area contributed by atoms with Gasteiger partial charge in [-0.25, -0.2) is 0 Å². The van der Waals surface area contributed by atoms with E-state index in [1.54, 1.807) is 21.3 Å². The van der Waals surface area contributed by atoms with Gasteiger partial charge in [-0.1, -0.05) is 6.92 Å². The molecule has 1 amide bonds. The second-order valence-corrected chi connectivity index (χ2v) is 7.61. The maximum Gasteiger partial charge on any atom is 0.223 e. The van der Waals surface area contributed by atoms with Crippen LogP contribution in [0.15, 0.2) is 34.5 Å². The van der Waals surface area contributed by atoms with Gasteiger partial charge in [0.25, 0.3) is 0 Å². The molecule has 0 aromatic heterocycles. The van der Waals surface area contributed by atoms with E-state index in [0.29, 0.717) is 29.6 Å². The van der Waals surface area contributed by atoms with Crippen LogP contribution in [0.3, 0.4) is 0 Å². The average Bonchev–Trinajstić information content (AvgIpc) is 3.51. The Labute approximate surface area is 153 Å². The standard InChI is InChI=1S/C20H25NO5/c1-10-7-12(10)19(23)21-11-5-6-13-14-9-15(24-2)17(25-3)18(26-4)20(13,14)16(22)8-11/h9-12H,5-8H2,1-4H3,(H,21,23). The SMILES string of the molecule is COC1=CC2=C3CCC(NC(=O)C4CC4C)CC(=O)C23C(OC)=C1OC. The van der Waals surface area contributed by atoms with Crippen LogP contribution in [0.1, 0.15) is 32.6 Å². The Balaban J connectivity index is 1.60. The Morgan fingerprint density at radius 3 is 2.54 bits per heavy atom. The third-order valence-electron chi connectivity index (χ3n) is 6.18. The monoisotopic (exact) mass is 359 g/mol. The lowest BCUT2D eigenvalue weighted by Crippen LogP contribution is -2.39. The van der Waals surface area contributed by atoms with Crippen LogP contribution in [-0.2, 0) is 23.8 Å². The molecule has 4 aliphatic carbocycles. The van der Waals surface area contributed by atoms with Crippen LogP contribution >= 0.6 is 0 Å². The van der Waals surface area contributed by atoms with Crippen LogP contribution in [0.2, 0.25) is 0 Å². The quantitative estimate of drug-likeness (QED) is 0.815. The van der Waals surface area contributed by atoms with Crippen LogP contribution in [0.25, 0.3) is 0 Å². The first-order valence-corrected chi connectivity index (χ1v) is 9.15. The zero-order chi connectivity index (χ0) is 18.6. The van der Waals surface area contributed by atoms with Crippen molar-refractivity contribution in [3.63, 3.8) is 0 Å². The predicted molar refractivity (Wildman–Crippen MR) is 93.7 cm³/mol. The fourth-order valence-corrected chi connectivity index (χ4v) is 4.56. The lowest BCUT2D eigenvalue weighted by molar-refractivity contribution is -0.125. The summed E-state index contributed by atoms with van der Waals surface area (Å²) in [6, 6.07) is -0.115. The molecule has 4 aliphatic rings. The van der Waals surface area contributed by atoms with Crippen molar-refractivity contribution in [1.82, 2.24) is 5.32 Å². The Morgan fingerprint density at radius 1 is 1.23 bits per heavy atom. The van der Waals surface area contributed by atoms with Gasteiger partial charge in [-0.2, -0.15) is 0 Å². The first kappa shape index (κ1) is 17.2. The van der Waals surface area contributed by atoms with Crippen molar-refractivity contribution in [2.45, 2.75) is 38.6 Å². The van der Waals surface area contributed by atoms with Crippen LogP contribution < -0.4 is 5.32 Å². The van der Waals surface area contributed by atoms with E-state index in [4.69, 9.17) is 14.2 Å². The Kier molecular flexibility index (Phi) is 3.90. The molecule has 0 aromatic rings. The van der Waals surface area contributed by atoms with Crippen molar-refractivity contribution < 1.29 is 23.8 Å². The molecule has 2 fully saturated rings. The van der Waals surface area contributed by atoms with Gasteiger partial charge in [0.1, 0.15) is 5.41 Å². The molecule has 26 heavy (non-hydrogen) atoms. The van der Waals surface area contributed by atoms with E-state index in [1.807, 2.05) is 6.08 Å². The van der Waals surface area contributed by atoms with Crippen molar-refractivity contribution in [2.75, 3.05) is 21.3 Å². The second-order valence-electron chi connectivity index (χ2n) is 7.61. The number of allylic oxidation sites excluding steroid dienone is 2. The Hall–Kier alpha value is -2.24. The van der Waals surface area contributed by atoms with Gasteiger partial charge >= 0.3 is 0 Å². The molecule has 1 N–H and O–H groups in total. The second kappa shape index (κ2) is 5.89. The summed E-state index contributed by atoms with van der Waals surface area (Å²) in [5.41, 5.74) is 1.23. The van der Waals surface area contributed by atoms with E-state index in [2.05, 4.69) is 12.2 Å². The molecule has 140 valence electrons. The van der Waals surface area contributed by atoms with Crippen molar-refractivity contribution in [3.8, 4) is 0 Å². The van der Waals surface area contributed by atoms with Gasteiger partial charge in [-0.15, -0.1) is 0 Å². The lowest BCUT2D eigenvalue weighted by Gasteiger charge is -2.27. The number of hydrogen-bond donors (Lipinski definition) is 1. The number of methoxy groups -OCH3 is 3. The lowest BCUT2D eigenvalue weighted by atomic mass is 9.84. The molecule has 4 rings (SSSR count). The van der Waals surface area contributed by atoms with Crippen LogP contribution in [0.4, 0.5) is 0 Å². The Morgan fingerprint density at radius 2 is 1.96 bits per heavy atom. The average molecular weight is 359 g/mol. The van der Waals surface area contributed by atoms with Crippen molar-refractivity contribution in [2.24, 2.45) is 17.3 Å². The predicted octanol–water partition coefficient (Wildman–Crippen LogP) is 2.23. The fourth-order valence-electron chi connectivity index (χ4n) is 4.56. The smallest absolute Gasteiger partial charge is 0.223 e. The van der Waals surface area contributed by atoms with Gasteiger partial charge in [-0.05, 0) is 42.4 Å². The van der Waals surface area contributed by atoms with Gasteiger partial charge < -0.3 is 19.5 Å². The van der Waals surface area contributed by atoms with E-state index >= 15 is 0 Å². The largest absolute Gasteiger partial charge is 0.495 e. The molecule has 0 aliphatic heterocycles. The van der Waals surface area contributed by atoms with Crippen LogP contribution in [0.5, 0.6) is 0 Å². The minimum absolute atomic E-state index is 0.0620. The Bertz CT molecular complexity index is 777. The first-order valence-electron chi connectivity index (χ1n) is 9.15. The van der Waals surface area contributed by atoms with E-state index < -0.39 is 5.41 Å². The molecule has 0 heterocycles. The molecule has 4 atom stereocenters. The maximum absolute atomic E-state index is 13.2. The van der Waals surface area contributed by atoms with Crippen LogP contribution in [0, 0.1) is 17.3 Å². The van der Waals surface area contributed by atoms with Gasteiger partial charge in [0, 0.05) is 18.4 Å². The highest BCUT2D eigenvalue weighted by Crippen LogP contribution is 2.66. The minimum Gasteiger partial charge on any atom is -0.495 e. The number of amides is 1. The zero-order valence-corrected chi connectivity index (χ0v) is 15.7. The summed E-state index contributed by atoms with van der Waals surface area (Å²) in [7, 11) is 4.68. The molecule has 0 radical (unpaired) electrons. The maximum atomic E-state index is 13.2. The van der Waals surface area contributed by atoms with E-state index in [-0.39, 0.29) is 23.7 Å². The third-order valence-corrected chi connectivity index (χ3v) is 6.18. The number of ketones is 1. The molecule has 1 spiro atoms. The third kappa shape index (κ3) is 2.24. The highest BCUT2D eigenvalue weighted by atomic mass is 16.5. The van der Waals surface area contributed by atoms with Gasteiger partial charge in [-0.3, -0.25) is 9.59 Å². The van der Waals surface area contributed by atoms with Gasteiger partial charge in [0.15, 0.2) is 17.3 Å². The number of carbonyl (C=O) groups is 2. The highest BCUT2D eigenvalue weighted by molar-refractivity contribution is 6.03. The fraction of sp³-hybridized carbons (Fsp3) is 0.600. The normalized spacial score (nSPS) is 35.0. The minimum atomic E-state index is -0.811. The van der Waals surface area contributed by atoms with E-state index in [1.165, 1.54) is 0 Å².